The lowest BCUT2D eigenvalue weighted by Crippen LogP contribution is -2.06. The van der Waals surface area contributed by atoms with Crippen molar-refractivity contribution in [1.82, 2.24) is 4.98 Å². The van der Waals surface area contributed by atoms with Gasteiger partial charge >= 0.3 is 5.63 Å². The van der Waals surface area contributed by atoms with E-state index in [9.17, 15) is 30.1 Å². The van der Waals surface area contributed by atoms with Crippen molar-refractivity contribution in [3.05, 3.63) is 84.4 Å². The van der Waals surface area contributed by atoms with Crippen LogP contribution in [0.3, 0.4) is 0 Å². The van der Waals surface area contributed by atoms with Crippen LogP contribution in [0.2, 0.25) is 0 Å². The topological polar surface area (TPSA) is 150 Å². The van der Waals surface area contributed by atoms with E-state index in [-0.39, 0.29) is 39.5 Å². The summed E-state index contributed by atoms with van der Waals surface area (Å²) >= 11 is 0. The molecule has 0 radical (unpaired) electrons. The van der Waals surface area contributed by atoms with Crippen LogP contribution in [0.5, 0.6) is 0 Å². The van der Waals surface area contributed by atoms with Gasteiger partial charge in [-0.3, -0.25) is 20.2 Å². The molecule has 10 nitrogen and oxygen atoms in total. The van der Waals surface area contributed by atoms with Crippen molar-refractivity contribution in [1.29, 1.82) is 0 Å². The Kier molecular flexibility index (Phi) is 4.15. The molecule has 130 valence electrons. The maximum atomic E-state index is 12.0. The number of aliphatic hydroxyl groups excluding tert-OH is 1. The summed E-state index contributed by atoms with van der Waals surface area (Å²) < 4.78 is 5.00. The summed E-state index contributed by atoms with van der Waals surface area (Å²) in [6.07, 6.45) is 1.05. The van der Waals surface area contributed by atoms with Gasteiger partial charge in [0, 0.05) is 29.8 Å². The Morgan fingerprint density at radius 2 is 1.65 bits per heavy atom. The smallest absolute Gasteiger partial charge is 0.362 e. The summed E-state index contributed by atoms with van der Waals surface area (Å²) in [6, 6.07) is 8.64. The Morgan fingerprint density at radius 1 is 1.04 bits per heavy atom. The molecule has 0 unspecified atom stereocenters. The number of aromatic nitrogens is 1. The average molecular weight is 355 g/mol. The van der Waals surface area contributed by atoms with Gasteiger partial charge in [-0.05, 0) is 18.2 Å². The molecule has 0 saturated heterocycles. The largest absolute Gasteiger partial charge is 0.507 e. The number of hydrogen-bond donors (Lipinski definition) is 1. The number of nitro benzene ring substituents is 2. The van der Waals surface area contributed by atoms with Gasteiger partial charge in [0.25, 0.3) is 11.4 Å². The van der Waals surface area contributed by atoms with Crippen LogP contribution in [-0.2, 0) is 0 Å². The third-order valence-corrected chi connectivity index (χ3v) is 3.45. The van der Waals surface area contributed by atoms with Gasteiger partial charge in [0.15, 0.2) is 11.3 Å². The first-order valence-electron chi connectivity index (χ1n) is 7.10. The van der Waals surface area contributed by atoms with Gasteiger partial charge < -0.3 is 9.52 Å². The van der Waals surface area contributed by atoms with E-state index in [1.165, 1.54) is 36.4 Å². The first-order valence-corrected chi connectivity index (χ1v) is 7.10. The lowest BCUT2D eigenvalue weighted by Gasteiger charge is -2.01. The molecule has 1 heterocycles. The molecule has 0 aliphatic heterocycles. The molecule has 0 spiro atoms. The minimum Gasteiger partial charge on any atom is -0.507 e. The van der Waals surface area contributed by atoms with E-state index in [1.807, 2.05) is 0 Å². The van der Waals surface area contributed by atoms with Crippen LogP contribution in [0.25, 0.3) is 22.9 Å². The number of nitrogens with zero attached hydrogens (tertiary/aromatic N) is 3. The highest BCUT2D eigenvalue weighted by Crippen LogP contribution is 2.21. The Bertz CT molecular complexity index is 1120. The summed E-state index contributed by atoms with van der Waals surface area (Å²) in [6.45, 7) is 0. The van der Waals surface area contributed by atoms with Crippen molar-refractivity contribution in [2.24, 2.45) is 0 Å². The molecule has 0 aliphatic rings. The first-order chi connectivity index (χ1) is 12.3. The fourth-order valence-corrected chi connectivity index (χ4v) is 2.18. The predicted molar refractivity (Wildman–Crippen MR) is 90.5 cm³/mol. The summed E-state index contributed by atoms with van der Waals surface area (Å²) in [7, 11) is 0. The maximum Gasteiger partial charge on any atom is 0.362 e. The van der Waals surface area contributed by atoms with E-state index in [4.69, 9.17) is 4.42 Å². The maximum absolute atomic E-state index is 12.0. The van der Waals surface area contributed by atoms with Crippen molar-refractivity contribution in [3.8, 4) is 0 Å². The molecule has 0 saturated carbocycles. The zero-order valence-corrected chi connectivity index (χ0v) is 12.9. The summed E-state index contributed by atoms with van der Waals surface area (Å²) in [4.78, 5) is 36.2. The molecule has 0 amide bonds. The zero-order valence-electron chi connectivity index (χ0n) is 12.9. The Balaban J connectivity index is 2.01. The predicted octanol–water partition coefficient (Wildman–Crippen LogP) is 3.06. The minimum absolute atomic E-state index is 0.0591. The van der Waals surface area contributed by atoms with Crippen LogP contribution in [-0.4, -0.2) is 19.9 Å². The van der Waals surface area contributed by atoms with Gasteiger partial charge in [-0.25, -0.2) is 9.78 Å². The Labute approximate surface area is 143 Å². The second-order valence-electron chi connectivity index (χ2n) is 5.13. The van der Waals surface area contributed by atoms with E-state index in [0.717, 1.165) is 12.1 Å². The van der Waals surface area contributed by atoms with Crippen LogP contribution >= 0.6 is 0 Å². The summed E-state index contributed by atoms with van der Waals surface area (Å²) in [5.41, 5.74) is -1.14. The molecule has 3 aromatic rings. The van der Waals surface area contributed by atoms with Gasteiger partial charge in [0.2, 0.25) is 0 Å². The van der Waals surface area contributed by atoms with Crippen LogP contribution in [0.1, 0.15) is 11.3 Å². The fraction of sp³-hybridized carbons (Fsp3) is 0. The molecular weight excluding hydrogens is 346 g/mol. The highest BCUT2D eigenvalue weighted by Gasteiger charge is 2.12. The van der Waals surface area contributed by atoms with E-state index >= 15 is 0 Å². The lowest BCUT2D eigenvalue weighted by molar-refractivity contribution is -0.385. The van der Waals surface area contributed by atoms with Crippen molar-refractivity contribution in [2.75, 3.05) is 0 Å². The number of aliphatic hydroxyl groups is 1. The molecule has 0 fully saturated rings. The molecule has 3 rings (SSSR count). The number of nitro groups is 2. The van der Waals surface area contributed by atoms with Gasteiger partial charge in [0.05, 0.1) is 15.9 Å². The van der Waals surface area contributed by atoms with Gasteiger partial charge in [0.1, 0.15) is 11.3 Å². The summed E-state index contributed by atoms with van der Waals surface area (Å²) in [5, 5.41) is 31.5. The quantitative estimate of drug-likeness (QED) is 0.426. The number of benzene rings is 2. The fourth-order valence-electron chi connectivity index (χ4n) is 2.18. The van der Waals surface area contributed by atoms with Crippen molar-refractivity contribution in [2.45, 2.75) is 0 Å². The van der Waals surface area contributed by atoms with Crippen molar-refractivity contribution >= 4 is 34.3 Å². The van der Waals surface area contributed by atoms with Crippen LogP contribution in [0.4, 0.5) is 11.4 Å². The SMILES string of the molecule is O=c1oc2cc([N+](=O)[O-])ccc2nc1C=C(O)c1ccc([N+](=O)[O-])cc1. The molecule has 1 aromatic heterocycles. The highest BCUT2D eigenvalue weighted by molar-refractivity contribution is 5.79. The molecule has 0 bridgehead atoms. The second-order valence-corrected chi connectivity index (χ2v) is 5.13. The number of fused-ring (bicyclic) bond motifs is 1. The van der Waals surface area contributed by atoms with Crippen molar-refractivity contribution in [3.63, 3.8) is 0 Å². The van der Waals surface area contributed by atoms with Crippen molar-refractivity contribution < 1.29 is 19.4 Å². The number of rotatable bonds is 4. The standard InChI is InChI=1S/C16H9N3O7/c20-14(9-1-3-10(4-2-9)18(22)23)8-13-16(21)26-15-7-11(19(24)25)5-6-12(15)17-13/h1-8,20H. The van der Waals surface area contributed by atoms with Gasteiger partial charge in [-0.2, -0.15) is 0 Å². The number of non-ortho nitro benzene ring substituents is 2. The van der Waals surface area contributed by atoms with Gasteiger partial charge in [-0.15, -0.1) is 0 Å². The molecule has 0 aliphatic carbocycles. The third-order valence-electron chi connectivity index (χ3n) is 3.45. The third kappa shape index (κ3) is 3.24. The van der Waals surface area contributed by atoms with E-state index in [0.29, 0.717) is 0 Å². The minimum atomic E-state index is -0.897. The Hall–Kier alpha value is -4.08. The molecular formula is C16H9N3O7. The van der Waals surface area contributed by atoms with E-state index < -0.39 is 15.5 Å². The highest BCUT2D eigenvalue weighted by atomic mass is 16.6. The summed E-state index contributed by atoms with van der Waals surface area (Å²) in [5.74, 6) is -0.346. The molecule has 2 aromatic carbocycles. The van der Waals surface area contributed by atoms with Gasteiger partial charge in [-0.1, -0.05) is 0 Å². The van der Waals surface area contributed by atoms with E-state index in [2.05, 4.69) is 4.98 Å². The number of hydrogen-bond acceptors (Lipinski definition) is 8. The van der Waals surface area contributed by atoms with Crippen LogP contribution in [0, 0.1) is 20.2 Å². The molecule has 0 atom stereocenters. The zero-order chi connectivity index (χ0) is 18.8. The van der Waals surface area contributed by atoms with E-state index in [1.54, 1.807) is 0 Å². The molecule has 26 heavy (non-hydrogen) atoms. The van der Waals surface area contributed by atoms with Crippen LogP contribution in [0.15, 0.2) is 51.7 Å². The Morgan fingerprint density at radius 3 is 2.27 bits per heavy atom. The average Bonchev–Trinajstić information content (AvgIpc) is 2.61. The lowest BCUT2D eigenvalue weighted by atomic mass is 10.1. The first kappa shape index (κ1) is 16.8. The molecule has 1 N–H and O–H groups in total. The molecule has 10 heteroatoms. The van der Waals surface area contributed by atoms with Crippen LogP contribution < -0.4 is 5.63 Å². The normalized spacial score (nSPS) is 11.5. The monoisotopic (exact) mass is 355 g/mol. The second kappa shape index (κ2) is 6.43.